The average Bonchev–Trinajstić information content (AvgIpc) is 2.73. The molecule has 0 aliphatic carbocycles. The summed E-state index contributed by atoms with van der Waals surface area (Å²) in [6, 6.07) is 11.4. The number of azo groups is 1. The van der Waals surface area contributed by atoms with Gasteiger partial charge in [-0.1, -0.05) is 24.3 Å². The highest BCUT2D eigenvalue weighted by atomic mass is 32.2. The first-order valence-electron chi connectivity index (χ1n) is 8.83. The van der Waals surface area contributed by atoms with E-state index >= 15 is 0 Å². The molecular formula is C20H18N2O8S. The number of nitrogens with zero attached hydrogens (tertiary/aromatic N) is 2. The lowest BCUT2D eigenvalue weighted by atomic mass is 10.1. The van der Waals surface area contributed by atoms with Crippen molar-refractivity contribution in [2.75, 3.05) is 7.11 Å². The van der Waals surface area contributed by atoms with Gasteiger partial charge in [0.2, 0.25) is 0 Å². The van der Waals surface area contributed by atoms with Gasteiger partial charge in [-0.25, -0.2) is 4.79 Å². The standard InChI is InChI=1S/C20H18N2O8S/c1-11(20(24)25)30-18-10-16(19(23)14-6-4-3-5-13(14)18)22-21-15-9-12(31(26,27)28)7-8-17(15)29-2/h3-11,23H,1-2H3,(H,24,25)(H,26,27,28)/b22-21+. The van der Waals surface area contributed by atoms with E-state index in [2.05, 4.69) is 10.2 Å². The minimum atomic E-state index is -4.48. The van der Waals surface area contributed by atoms with Crippen molar-refractivity contribution in [3.05, 3.63) is 48.5 Å². The van der Waals surface area contributed by atoms with Crippen LogP contribution in [0, 0.1) is 0 Å². The van der Waals surface area contributed by atoms with Gasteiger partial charge in [0.25, 0.3) is 10.1 Å². The molecule has 0 aromatic heterocycles. The Morgan fingerprint density at radius 1 is 1.00 bits per heavy atom. The third-order valence-electron chi connectivity index (χ3n) is 4.32. The molecule has 1 unspecified atom stereocenters. The second kappa shape index (κ2) is 8.58. The normalized spacial score (nSPS) is 12.7. The lowest BCUT2D eigenvalue weighted by molar-refractivity contribution is -0.144. The zero-order valence-electron chi connectivity index (χ0n) is 16.4. The van der Waals surface area contributed by atoms with Crippen LogP contribution in [-0.4, -0.2) is 42.4 Å². The van der Waals surface area contributed by atoms with Crippen molar-refractivity contribution in [1.82, 2.24) is 0 Å². The number of phenols is 1. The summed E-state index contributed by atoms with van der Waals surface area (Å²) in [5, 5.41) is 28.5. The van der Waals surface area contributed by atoms with Crippen LogP contribution in [-0.2, 0) is 14.9 Å². The van der Waals surface area contributed by atoms with E-state index in [0.29, 0.717) is 10.8 Å². The first kappa shape index (κ1) is 22.0. The van der Waals surface area contributed by atoms with Gasteiger partial charge in [-0.3, -0.25) is 4.55 Å². The van der Waals surface area contributed by atoms with Crippen LogP contribution in [0.15, 0.2) is 63.7 Å². The van der Waals surface area contributed by atoms with Crippen LogP contribution in [0.25, 0.3) is 10.8 Å². The summed E-state index contributed by atoms with van der Waals surface area (Å²) >= 11 is 0. The van der Waals surface area contributed by atoms with E-state index < -0.39 is 27.1 Å². The molecule has 31 heavy (non-hydrogen) atoms. The van der Waals surface area contributed by atoms with E-state index in [4.69, 9.17) is 14.6 Å². The molecule has 0 heterocycles. The number of aliphatic carboxylic acids is 1. The first-order valence-corrected chi connectivity index (χ1v) is 10.3. The predicted octanol–water partition coefficient (Wildman–Crippen LogP) is 4.07. The maximum absolute atomic E-state index is 11.4. The SMILES string of the molecule is COc1ccc(S(=O)(=O)O)cc1/N=N/c1cc(OC(C)C(=O)O)c2ccccc2c1O. The van der Waals surface area contributed by atoms with Gasteiger partial charge >= 0.3 is 5.97 Å². The summed E-state index contributed by atoms with van der Waals surface area (Å²) in [6.45, 7) is 1.36. The second-order valence-electron chi connectivity index (χ2n) is 6.40. The van der Waals surface area contributed by atoms with Crippen molar-refractivity contribution >= 4 is 38.2 Å². The lowest BCUT2D eigenvalue weighted by Crippen LogP contribution is -2.22. The molecule has 1 atom stereocenters. The molecule has 162 valence electrons. The molecule has 10 nitrogen and oxygen atoms in total. The highest BCUT2D eigenvalue weighted by Crippen LogP contribution is 2.42. The number of rotatable bonds is 7. The number of carbonyl (C=O) groups is 1. The molecule has 3 aromatic carbocycles. The molecule has 0 amide bonds. The molecule has 0 aliphatic heterocycles. The second-order valence-corrected chi connectivity index (χ2v) is 7.82. The average molecular weight is 446 g/mol. The molecule has 11 heteroatoms. The molecule has 0 fully saturated rings. The van der Waals surface area contributed by atoms with Crippen molar-refractivity contribution in [1.29, 1.82) is 0 Å². The Morgan fingerprint density at radius 2 is 1.65 bits per heavy atom. The van der Waals surface area contributed by atoms with Crippen LogP contribution in [0.4, 0.5) is 11.4 Å². The lowest BCUT2D eigenvalue weighted by Gasteiger charge is -2.14. The van der Waals surface area contributed by atoms with Crippen molar-refractivity contribution in [3.8, 4) is 17.2 Å². The van der Waals surface area contributed by atoms with Crippen LogP contribution in [0.3, 0.4) is 0 Å². The summed E-state index contributed by atoms with van der Waals surface area (Å²) in [7, 11) is -3.14. The van der Waals surface area contributed by atoms with Crippen LogP contribution in [0.5, 0.6) is 17.2 Å². The maximum Gasteiger partial charge on any atom is 0.344 e. The van der Waals surface area contributed by atoms with Gasteiger partial charge in [0.15, 0.2) is 11.9 Å². The maximum atomic E-state index is 11.4. The number of hydrogen-bond donors (Lipinski definition) is 3. The Morgan fingerprint density at radius 3 is 2.26 bits per heavy atom. The van der Waals surface area contributed by atoms with Crippen molar-refractivity contribution < 1.29 is 37.5 Å². The number of fused-ring (bicyclic) bond motifs is 1. The minimum Gasteiger partial charge on any atom is -0.505 e. The Bertz CT molecular complexity index is 1290. The van der Waals surface area contributed by atoms with Gasteiger partial charge in [0.1, 0.15) is 22.9 Å². The summed E-state index contributed by atoms with van der Waals surface area (Å²) in [5.74, 6) is -1.07. The summed E-state index contributed by atoms with van der Waals surface area (Å²) in [5.41, 5.74) is -0.0721. The van der Waals surface area contributed by atoms with E-state index in [-0.39, 0.29) is 28.6 Å². The highest BCUT2D eigenvalue weighted by molar-refractivity contribution is 7.85. The number of ether oxygens (including phenoxy) is 2. The van der Waals surface area contributed by atoms with Crippen LogP contribution in [0.1, 0.15) is 6.92 Å². The number of phenolic OH excluding ortho intramolecular Hbond substituents is 1. The molecule has 0 bridgehead atoms. The van der Waals surface area contributed by atoms with Crippen molar-refractivity contribution in [3.63, 3.8) is 0 Å². The van der Waals surface area contributed by atoms with Crippen LogP contribution >= 0.6 is 0 Å². The van der Waals surface area contributed by atoms with E-state index in [1.165, 1.54) is 26.2 Å². The summed E-state index contributed by atoms with van der Waals surface area (Å²) < 4.78 is 42.7. The van der Waals surface area contributed by atoms with Gasteiger partial charge in [0, 0.05) is 16.8 Å². The third-order valence-corrected chi connectivity index (χ3v) is 5.17. The van der Waals surface area contributed by atoms with E-state index in [1.54, 1.807) is 24.3 Å². The van der Waals surface area contributed by atoms with Crippen molar-refractivity contribution in [2.45, 2.75) is 17.9 Å². The molecule has 0 aliphatic rings. The fourth-order valence-corrected chi connectivity index (χ4v) is 3.24. The molecule has 3 N–H and O–H groups in total. The molecule has 0 radical (unpaired) electrons. The third kappa shape index (κ3) is 4.73. The van der Waals surface area contributed by atoms with Gasteiger partial charge < -0.3 is 19.7 Å². The zero-order valence-corrected chi connectivity index (χ0v) is 17.2. The van der Waals surface area contributed by atoms with Crippen molar-refractivity contribution in [2.24, 2.45) is 10.2 Å². The van der Waals surface area contributed by atoms with E-state index in [1.807, 2.05) is 0 Å². The highest BCUT2D eigenvalue weighted by Gasteiger charge is 2.18. The number of carboxylic acid groups (broad SMARTS) is 1. The van der Waals surface area contributed by atoms with Gasteiger partial charge in [-0.2, -0.15) is 8.42 Å². The fraction of sp³-hybridized carbons (Fsp3) is 0.150. The number of benzene rings is 3. The monoisotopic (exact) mass is 446 g/mol. The number of carboxylic acids is 1. The Balaban J connectivity index is 2.12. The molecule has 0 spiro atoms. The van der Waals surface area contributed by atoms with Crippen LogP contribution < -0.4 is 9.47 Å². The topological polar surface area (TPSA) is 155 Å². The summed E-state index contributed by atoms with van der Waals surface area (Å²) in [4.78, 5) is 10.8. The molecule has 0 saturated carbocycles. The van der Waals surface area contributed by atoms with Gasteiger partial charge in [0.05, 0.1) is 12.0 Å². The molecule has 3 rings (SSSR count). The smallest absolute Gasteiger partial charge is 0.344 e. The minimum absolute atomic E-state index is 0.0217. The Labute approximate surface area is 177 Å². The Kier molecular flexibility index (Phi) is 6.09. The van der Waals surface area contributed by atoms with E-state index in [0.717, 1.165) is 12.1 Å². The predicted molar refractivity (Wildman–Crippen MR) is 110 cm³/mol. The first-order chi connectivity index (χ1) is 14.6. The van der Waals surface area contributed by atoms with Gasteiger partial charge in [-0.15, -0.1) is 10.2 Å². The molecule has 0 saturated heterocycles. The molecule has 3 aromatic rings. The summed E-state index contributed by atoms with van der Waals surface area (Å²) in [6.07, 6.45) is -1.16. The molecular weight excluding hydrogens is 428 g/mol. The zero-order chi connectivity index (χ0) is 22.8. The fourth-order valence-electron chi connectivity index (χ4n) is 2.74. The number of methoxy groups -OCH3 is 1. The van der Waals surface area contributed by atoms with Crippen LogP contribution in [0.2, 0.25) is 0 Å². The Hall–Kier alpha value is -3.70. The van der Waals surface area contributed by atoms with Gasteiger partial charge in [-0.05, 0) is 25.1 Å². The largest absolute Gasteiger partial charge is 0.505 e. The number of hydrogen-bond acceptors (Lipinski definition) is 8. The quantitative estimate of drug-likeness (QED) is 0.362. The number of aromatic hydroxyl groups is 1. The van der Waals surface area contributed by atoms with E-state index in [9.17, 15) is 22.9 Å².